The average Bonchev–Trinajstić information content (AvgIpc) is 2.76. The molecule has 0 saturated heterocycles. The van der Waals surface area contributed by atoms with Gasteiger partial charge in [0.25, 0.3) is 5.91 Å². The normalized spacial score (nSPS) is 11.2. The smallest absolute Gasteiger partial charge is 0.253 e. The molecule has 7 heteroatoms. The Morgan fingerprint density at radius 1 is 0.906 bits per heavy atom. The van der Waals surface area contributed by atoms with Crippen LogP contribution >= 0.6 is 0 Å². The molecule has 0 atom stereocenters. The predicted octanol–water partition coefficient (Wildman–Crippen LogP) is 4.37. The zero-order valence-electron chi connectivity index (χ0n) is 18.5. The number of hydrogen-bond acceptors (Lipinski definition) is 4. The van der Waals surface area contributed by atoms with Crippen molar-refractivity contribution in [3.63, 3.8) is 0 Å². The Kier molecular flexibility index (Phi) is 7.53. The molecule has 3 aromatic rings. The van der Waals surface area contributed by atoms with E-state index in [1.54, 1.807) is 24.3 Å². The molecular weight excluding hydrogens is 424 g/mol. The lowest BCUT2D eigenvalue weighted by molar-refractivity contribution is 0.0951. The number of anilines is 1. The Hall–Kier alpha value is -3.32. The molecule has 6 nitrogen and oxygen atoms in total. The van der Waals surface area contributed by atoms with Crippen LogP contribution in [-0.2, 0) is 23.1 Å². The summed E-state index contributed by atoms with van der Waals surface area (Å²) in [6.45, 7) is 4.38. The maximum atomic E-state index is 13.0. The summed E-state index contributed by atoms with van der Waals surface area (Å²) in [7, 11) is -3.61. The van der Waals surface area contributed by atoms with E-state index in [9.17, 15) is 13.2 Å². The van der Waals surface area contributed by atoms with Gasteiger partial charge in [0.1, 0.15) is 5.75 Å². The molecule has 1 amide bonds. The number of benzene rings is 3. The quantitative estimate of drug-likeness (QED) is 0.523. The molecule has 0 spiro atoms. The molecule has 0 radical (unpaired) electrons. The maximum Gasteiger partial charge on any atom is 0.253 e. The van der Waals surface area contributed by atoms with Crippen molar-refractivity contribution in [2.24, 2.45) is 0 Å². The maximum absolute atomic E-state index is 13.0. The topological polar surface area (TPSA) is 75.7 Å². The van der Waals surface area contributed by atoms with E-state index in [-0.39, 0.29) is 18.6 Å². The minimum atomic E-state index is -3.61. The fourth-order valence-corrected chi connectivity index (χ4v) is 4.15. The number of nitrogens with one attached hydrogen (secondary N) is 1. The lowest BCUT2D eigenvalue weighted by atomic mass is 10.1. The second kappa shape index (κ2) is 10.3. The number of carbonyl (C=O) groups is 1. The molecule has 0 aliphatic rings. The Morgan fingerprint density at radius 2 is 1.53 bits per heavy atom. The number of rotatable bonds is 9. The van der Waals surface area contributed by atoms with E-state index in [0.717, 1.165) is 23.1 Å². The van der Waals surface area contributed by atoms with E-state index in [2.05, 4.69) is 5.32 Å². The molecule has 0 heterocycles. The summed E-state index contributed by atoms with van der Waals surface area (Å²) >= 11 is 0. The first-order valence-corrected chi connectivity index (χ1v) is 12.2. The van der Waals surface area contributed by atoms with Crippen molar-refractivity contribution in [2.75, 3.05) is 10.6 Å². The van der Waals surface area contributed by atoms with Gasteiger partial charge in [-0.25, -0.2) is 8.42 Å². The van der Waals surface area contributed by atoms with Crippen LogP contribution in [0.5, 0.6) is 5.75 Å². The Balaban J connectivity index is 1.79. The highest BCUT2D eigenvalue weighted by Crippen LogP contribution is 2.25. The van der Waals surface area contributed by atoms with Gasteiger partial charge in [-0.2, -0.15) is 0 Å². The minimum Gasteiger partial charge on any atom is -0.491 e. The monoisotopic (exact) mass is 452 g/mol. The molecule has 32 heavy (non-hydrogen) atoms. The van der Waals surface area contributed by atoms with Crippen molar-refractivity contribution >= 4 is 21.6 Å². The van der Waals surface area contributed by atoms with Crippen LogP contribution in [0.15, 0.2) is 78.9 Å². The highest BCUT2D eigenvalue weighted by Gasteiger charge is 2.23. The summed E-state index contributed by atoms with van der Waals surface area (Å²) in [5.41, 5.74) is 2.39. The number of nitrogens with zero attached hydrogens (tertiary/aromatic N) is 1. The molecule has 1 N–H and O–H groups in total. The third kappa shape index (κ3) is 6.34. The Labute approximate surface area is 189 Å². The van der Waals surface area contributed by atoms with E-state index in [4.69, 9.17) is 4.74 Å². The second-order valence-corrected chi connectivity index (χ2v) is 9.67. The first-order valence-electron chi connectivity index (χ1n) is 10.4. The zero-order chi connectivity index (χ0) is 23.1. The molecule has 0 unspecified atom stereocenters. The fraction of sp³-hybridized carbons (Fsp3) is 0.240. The number of sulfonamides is 1. The summed E-state index contributed by atoms with van der Waals surface area (Å²) in [4.78, 5) is 13.0. The van der Waals surface area contributed by atoms with Crippen molar-refractivity contribution < 1.29 is 17.9 Å². The average molecular weight is 453 g/mol. The predicted molar refractivity (Wildman–Crippen MR) is 127 cm³/mol. The highest BCUT2D eigenvalue weighted by molar-refractivity contribution is 7.92. The van der Waals surface area contributed by atoms with Crippen LogP contribution in [0.3, 0.4) is 0 Å². The highest BCUT2D eigenvalue weighted by atomic mass is 32.2. The SMILES string of the molecule is CC(C)Oc1ccc(CNC(=O)c2ccccc2N(Cc2ccccc2)S(C)(=O)=O)cc1. The van der Waals surface area contributed by atoms with Gasteiger partial charge < -0.3 is 10.1 Å². The molecule has 168 valence electrons. The van der Waals surface area contributed by atoms with Gasteiger partial charge in [0.05, 0.1) is 30.2 Å². The van der Waals surface area contributed by atoms with Crippen LogP contribution in [0.4, 0.5) is 5.69 Å². The molecule has 0 fully saturated rings. The summed E-state index contributed by atoms with van der Waals surface area (Å²) in [5.74, 6) is 0.426. The van der Waals surface area contributed by atoms with Gasteiger partial charge in [-0.05, 0) is 49.2 Å². The first-order chi connectivity index (χ1) is 15.2. The van der Waals surface area contributed by atoms with E-state index in [0.29, 0.717) is 17.8 Å². The molecule has 0 aliphatic heterocycles. The third-order valence-electron chi connectivity index (χ3n) is 4.73. The van der Waals surface area contributed by atoms with Crippen LogP contribution in [0.25, 0.3) is 0 Å². The molecule has 0 saturated carbocycles. The van der Waals surface area contributed by atoms with E-state index in [1.807, 2.05) is 68.4 Å². The van der Waals surface area contributed by atoms with Crippen LogP contribution in [0.2, 0.25) is 0 Å². The van der Waals surface area contributed by atoms with Gasteiger partial charge in [0.2, 0.25) is 10.0 Å². The summed E-state index contributed by atoms with van der Waals surface area (Å²) < 4.78 is 32.1. The van der Waals surface area contributed by atoms with Crippen LogP contribution in [0.1, 0.15) is 35.3 Å². The van der Waals surface area contributed by atoms with Gasteiger partial charge in [0.15, 0.2) is 0 Å². The van der Waals surface area contributed by atoms with Gasteiger partial charge in [-0.15, -0.1) is 0 Å². The number of carbonyl (C=O) groups excluding carboxylic acids is 1. The molecule has 3 rings (SSSR count). The Morgan fingerprint density at radius 3 is 2.16 bits per heavy atom. The number of ether oxygens (including phenoxy) is 1. The van der Waals surface area contributed by atoms with Gasteiger partial charge in [0, 0.05) is 6.54 Å². The van der Waals surface area contributed by atoms with Crippen LogP contribution < -0.4 is 14.4 Å². The van der Waals surface area contributed by atoms with E-state index >= 15 is 0 Å². The molecule has 3 aromatic carbocycles. The second-order valence-electron chi connectivity index (χ2n) is 7.77. The van der Waals surface area contributed by atoms with Crippen LogP contribution in [0, 0.1) is 0 Å². The Bertz CT molecular complexity index is 1140. The van der Waals surface area contributed by atoms with Crippen molar-refractivity contribution in [1.82, 2.24) is 5.32 Å². The number of amides is 1. The van der Waals surface area contributed by atoms with Crippen molar-refractivity contribution in [3.8, 4) is 5.75 Å². The number of para-hydroxylation sites is 1. The lowest BCUT2D eigenvalue weighted by Gasteiger charge is -2.24. The largest absolute Gasteiger partial charge is 0.491 e. The number of hydrogen-bond donors (Lipinski definition) is 1. The zero-order valence-corrected chi connectivity index (χ0v) is 19.3. The van der Waals surface area contributed by atoms with E-state index < -0.39 is 10.0 Å². The van der Waals surface area contributed by atoms with Crippen molar-refractivity contribution in [1.29, 1.82) is 0 Å². The molecule has 0 bridgehead atoms. The molecular formula is C25H28N2O4S. The summed E-state index contributed by atoms with van der Waals surface area (Å²) in [5, 5.41) is 2.88. The fourth-order valence-electron chi connectivity index (χ4n) is 3.25. The van der Waals surface area contributed by atoms with Crippen molar-refractivity contribution in [2.45, 2.75) is 33.0 Å². The molecule has 0 aromatic heterocycles. The first kappa shape index (κ1) is 23.3. The van der Waals surface area contributed by atoms with Gasteiger partial charge in [-0.1, -0.05) is 54.6 Å². The molecule has 0 aliphatic carbocycles. The van der Waals surface area contributed by atoms with Gasteiger partial charge >= 0.3 is 0 Å². The standard InChI is InChI=1S/C25H28N2O4S/c1-19(2)31-22-15-13-20(14-16-22)17-26-25(28)23-11-7-8-12-24(23)27(32(3,29)30)18-21-9-5-4-6-10-21/h4-16,19H,17-18H2,1-3H3,(H,26,28). The van der Waals surface area contributed by atoms with Gasteiger partial charge in [-0.3, -0.25) is 9.10 Å². The summed E-state index contributed by atoms with van der Waals surface area (Å²) in [6.07, 6.45) is 1.23. The third-order valence-corrected chi connectivity index (χ3v) is 5.86. The van der Waals surface area contributed by atoms with E-state index in [1.165, 1.54) is 4.31 Å². The van der Waals surface area contributed by atoms with Crippen molar-refractivity contribution in [3.05, 3.63) is 95.6 Å². The minimum absolute atomic E-state index is 0.0886. The lowest BCUT2D eigenvalue weighted by Crippen LogP contribution is -2.32. The summed E-state index contributed by atoms with van der Waals surface area (Å²) in [6, 6.07) is 23.5. The van der Waals surface area contributed by atoms with Crippen LogP contribution in [-0.4, -0.2) is 26.7 Å².